The largest absolute Gasteiger partial charge is 0.368 e. The van der Waals surface area contributed by atoms with Crippen LogP contribution in [-0.4, -0.2) is 63.0 Å². The summed E-state index contributed by atoms with van der Waals surface area (Å²) < 4.78 is 0.453. The lowest BCUT2D eigenvalue weighted by molar-refractivity contribution is -0.880. The number of aromatic nitrogens is 3. The minimum Gasteiger partial charge on any atom is -0.358 e. The molecule has 1 aromatic carbocycles. The number of rotatable bonds is 10. The summed E-state index contributed by atoms with van der Waals surface area (Å²) in [5, 5.41) is 16.1. The highest BCUT2D eigenvalue weighted by Crippen LogP contribution is 2.29. The van der Waals surface area contributed by atoms with Crippen LogP contribution >= 0.6 is 23.2 Å². The minimum atomic E-state index is -0.432. The molecule has 0 bridgehead atoms. The van der Waals surface area contributed by atoms with Crippen LogP contribution in [0.4, 0.5) is 11.5 Å². The summed E-state index contributed by atoms with van der Waals surface area (Å²) in [5.74, 6) is 0.375. The van der Waals surface area contributed by atoms with E-state index in [9.17, 15) is 14.9 Å². The van der Waals surface area contributed by atoms with Gasteiger partial charge in [0, 0.05) is 23.2 Å². The molecule has 1 N–H and O–H groups in total. The second kappa shape index (κ2) is 11.3. The number of nitrogens with one attached hydrogen (secondary N) is 1. The molecule has 3 aromatic rings. The topological polar surface area (TPSA) is 123 Å². The number of hydrogen-bond donors (Lipinski definition) is 1. The lowest BCUT2D eigenvalue weighted by atomic mass is 10.1. The van der Waals surface area contributed by atoms with Gasteiger partial charge in [0.15, 0.2) is 5.78 Å². The summed E-state index contributed by atoms with van der Waals surface area (Å²) in [6.45, 7) is 2.78. The van der Waals surface area contributed by atoms with Crippen LogP contribution in [0.1, 0.15) is 19.0 Å². The number of halogens is 2. The van der Waals surface area contributed by atoms with Gasteiger partial charge < -0.3 is 19.9 Å². The SMILES string of the molecule is CC1=NC([N+](=O)[O-])=C(C[N+](C)(C)C/C=C/C(=O)Cc2cc3c(Nc4ccc(Cl)c(Cl)c4)ncnc3cn2)C1. The van der Waals surface area contributed by atoms with Crippen molar-refractivity contribution >= 4 is 57.1 Å². The van der Waals surface area contributed by atoms with Crippen LogP contribution in [0.15, 0.2) is 65.3 Å². The van der Waals surface area contributed by atoms with E-state index in [2.05, 4.69) is 25.3 Å². The molecule has 0 saturated heterocycles. The third-order valence-electron chi connectivity index (χ3n) is 5.89. The Labute approximate surface area is 229 Å². The summed E-state index contributed by atoms with van der Waals surface area (Å²) >= 11 is 12.1. The highest BCUT2D eigenvalue weighted by atomic mass is 35.5. The Balaban J connectivity index is 1.42. The number of ketones is 1. The Hall–Kier alpha value is -3.73. The van der Waals surface area contributed by atoms with Crippen molar-refractivity contribution in [3.8, 4) is 0 Å². The Morgan fingerprint density at radius 1 is 1.18 bits per heavy atom. The first-order chi connectivity index (χ1) is 18.0. The molecule has 1 aliphatic heterocycles. The van der Waals surface area contributed by atoms with Crippen molar-refractivity contribution < 1.29 is 14.2 Å². The number of likely N-dealkylation sites (N-methyl/N-ethyl adjacent to an activating group) is 1. The summed E-state index contributed by atoms with van der Waals surface area (Å²) in [4.78, 5) is 40.6. The molecule has 3 heterocycles. The molecule has 0 fully saturated rings. The van der Waals surface area contributed by atoms with Crippen LogP contribution in [0.5, 0.6) is 0 Å². The van der Waals surface area contributed by atoms with Crippen LogP contribution in [0.3, 0.4) is 0 Å². The molecule has 12 heteroatoms. The molecule has 10 nitrogen and oxygen atoms in total. The maximum atomic E-state index is 12.7. The molecule has 4 rings (SSSR count). The molecule has 0 amide bonds. The number of aliphatic imine (C=N–C) groups is 1. The van der Waals surface area contributed by atoms with E-state index in [-0.39, 0.29) is 18.0 Å². The maximum absolute atomic E-state index is 12.7. The van der Waals surface area contributed by atoms with Crippen LogP contribution in [0.2, 0.25) is 10.0 Å². The van der Waals surface area contributed by atoms with Gasteiger partial charge >= 0.3 is 5.82 Å². The van der Waals surface area contributed by atoms with E-state index in [4.69, 9.17) is 23.2 Å². The van der Waals surface area contributed by atoms with E-state index >= 15 is 0 Å². The fourth-order valence-corrected chi connectivity index (χ4v) is 4.48. The second-order valence-corrected chi connectivity index (χ2v) is 10.5. The predicted molar refractivity (Wildman–Crippen MR) is 149 cm³/mol. The van der Waals surface area contributed by atoms with Crippen molar-refractivity contribution in [2.24, 2.45) is 4.99 Å². The lowest BCUT2D eigenvalue weighted by Crippen LogP contribution is -2.41. The summed E-state index contributed by atoms with van der Waals surface area (Å²) in [5.41, 5.74) is 3.35. The normalized spacial score (nSPS) is 13.9. The first kappa shape index (κ1) is 27.3. The number of quaternary nitrogens is 1. The molecular weight excluding hydrogens is 529 g/mol. The van der Waals surface area contributed by atoms with Crippen molar-refractivity contribution in [1.29, 1.82) is 0 Å². The zero-order valence-electron chi connectivity index (χ0n) is 21.1. The van der Waals surface area contributed by atoms with Crippen molar-refractivity contribution in [3.63, 3.8) is 0 Å². The second-order valence-electron chi connectivity index (χ2n) is 9.70. The zero-order chi connectivity index (χ0) is 27.4. The molecule has 1 aliphatic rings. The first-order valence-corrected chi connectivity index (χ1v) is 12.5. The average molecular weight is 555 g/mol. The van der Waals surface area contributed by atoms with E-state index in [1.807, 2.05) is 14.1 Å². The molecule has 0 unspecified atom stereocenters. The number of fused-ring (bicyclic) bond motifs is 1. The van der Waals surface area contributed by atoms with E-state index in [0.29, 0.717) is 67.7 Å². The highest BCUT2D eigenvalue weighted by Gasteiger charge is 2.31. The number of benzene rings is 1. The van der Waals surface area contributed by atoms with Crippen molar-refractivity contribution in [2.75, 3.05) is 32.5 Å². The average Bonchev–Trinajstić information content (AvgIpc) is 3.21. The van der Waals surface area contributed by atoms with Gasteiger partial charge in [-0.05, 0) is 53.3 Å². The Kier molecular flexibility index (Phi) is 8.15. The summed E-state index contributed by atoms with van der Waals surface area (Å²) in [6, 6.07) is 6.96. The Morgan fingerprint density at radius 2 is 1.97 bits per heavy atom. The smallest absolute Gasteiger partial charge is 0.358 e. The third kappa shape index (κ3) is 6.77. The van der Waals surface area contributed by atoms with Gasteiger partial charge in [0.2, 0.25) is 0 Å². The van der Waals surface area contributed by atoms with E-state index < -0.39 is 4.92 Å². The van der Waals surface area contributed by atoms with Gasteiger partial charge in [-0.1, -0.05) is 23.2 Å². The van der Waals surface area contributed by atoms with Gasteiger partial charge in [-0.3, -0.25) is 9.78 Å². The number of anilines is 2. The van der Waals surface area contributed by atoms with Crippen molar-refractivity contribution in [3.05, 3.63) is 86.2 Å². The number of carbonyl (C=O) groups excluding carboxylic acids is 1. The molecular formula is C26H26Cl2N7O3+. The fourth-order valence-electron chi connectivity index (χ4n) is 4.18. The summed E-state index contributed by atoms with van der Waals surface area (Å²) in [7, 11) is 3.92. The van der Waals surface area contributed by atoms with Crippen LogP contribution in [-0.2, 0) is 11.2 Å². The molecule has 38 heavy (non-hydrogen) atoms. The lowest BCUT2D eigenvalue weighted by Gasteiger charge is -2.28. The number of carbonyl (C=O) groups is 1. The van der Waals surface area contributed by atoms with Gasteiger partial charge in [-0.25, -0.2) is 9.97 Å². The van der Waals surface area contributed by atoms with Gasteiger partial charge in [0.1, 0.15) is 24.4 Å². The van der Waals surface area contributed by atoms with Crippen LogP contribution in [0, 0.1) is 10.1 Å². The van der Waals surface area contributed by atoms with Gasteiger partial charge in [0.25, 0.3) is 0 Å². The highest BCUT2D eigenvalue weighted by molar-refractivity contribution is 6.42. The molecule has 0 saturated carbocycles. The molecule has 2 aromatic heterocycles. The Morgan fingerprint density at radius 3 is 2.71 bits per heavy atom. The zero-order valence-corrected chi connectivity index (χ0v) is 22.6. The monoisotopic (exact) mass is 554 g/mol. The standard InChI is InChI=1S/C26H26Cl2N7O3/c1-16-9-17(26(32-16)34(37)38)14-35(2,3)8-4-5-20(36)10-19-11-21-24(13-29-19)30-15-31-25(21)33-18-6-7-22(27)23(28)12-18/h4-7,11-13,15H,8-10,14H2,1-3H3,(H,30,31,33)/q+1/b5-4+. The molecule has 196 valence electrons. The predicted octanol–water partition coefficient (Wildman–Crippen LogP) is 5.17. The quantitative estimate of drug-likeness (QED) is 0.158. The third-order valence-corrected chi connectivity index (χ3v) is 6.63. The van der Waals surface area contributed by atoms with E-state index in [1.165, 1.54) is 12.4 Å². The van der Waals surface area contributed by atoms with Gasteiger partial charge in [-0.2, -0.15) is 0 Å². The maximum Gasteiger partial charge on any atom is 0.368 e. The molecule has 0 aliphatic carbocycles. The number of hydrogen-bond acceptors (Lipinski definition) is 8. The molecule has 0 atom stereocenters. The molecule has 0 spiro atoms. The number of allylic oxidation sites excluding steroid dienone is 1. The number of nitro groups is 1. The van der Waals surface area contributed by atoms with E-state index in [1.54, 1.807) is 43.5 Å². The van der Waals surface area contributed by atoms with Crippen molar-refractivity contribution in [2.45, 2.75) is 19.8 Å². The van der Waals surface area contributed by atoms with Crippen LogP contribution in [0.25, 0.3) is 10.9 Å². The van der Waals surface area contributed by atoms with Crippen LogP contribution < -0.4 is 5.32 Å². The van der Waals surface area contributed by atoms with Gasteiger partial charge in [0.05, 0.1) is 54.4 Å². The fraction of sp³-hybridized carbons (Fsp3) is 0.269. The minimum absolute atomic E-state index is 0.0619. The van der Waals surface area contributed by atoms with E-state index in [0.717, 1.165) is 5.71 Å². The number of pyridine rings is 1. The van der Waals surface area contributed by atoms with Gasteiger partial charge in [-0.15, -0.1) is 0 Å². The Bertz CT molecular complexity index is 1520. The summed E-state index contributed by atoms with van der Waals surface area (Å²) in [6.07, 6.45) is 6.96. The number of nitrogens with zero attached hydrogens (tertiary/aromatic N) is 6. The first-order valence-electron chi connectivity index (χ1n) is 11.7. The molecule has 0 radical (unpaired) electrons. The van der Waals surface area contributed by atoms with Crippen molar-refractivity contribution in [1.82, 2.24) is 15.0 Å².